The van der Waals surface area contributed by atoms with Crippen LogP contribution in [0.1, 0.15) is 94.3 Å². The molecule has 4 bridgehead atoms. The van der Waals surface area contributed by atoms with Crippen LogP contribution in [0.25, 0.3) is 0 Å². The molecule has 438 valence electrons. The molecule has 12 atom stereocenters. The molecule has 0 heterocycles. The van der Waals surface area contributed by atoms with Gasteiger partial charge in [-0.15, -0.1) is 5.06 Å². The predicted molar refractivity (Wildman–Crippen MR) is 296 cm³/mol. The molecule has 2 aromatic rings. The number of aromatic hydroxyl groups is 2. The van der Waals surface area contributed by atoms with Crippen molar-refractivity contribution in [3.63, 3.8) is 0 Å². The third-order valence-corrected chi connectivity index (χ3v) is 21.0. The predicted octanol–water partition coefficient (Wildman–Crippen LogP) is 2.15. The molecule has 6 saturated carbocycles. The number of nitrogens with one attached hydrogen (secondary N) is 2. The van der Waals surface area contributed by atoms with E-state index in [1.807, 2.05) is 11.0 Å². The molecule has 0 saturated heterocycles. The van der Waals surface area contributed by atoms with E-state index in [1.165, 1.54) is 38.3 Å². The van der Waals surface area contributed by atoms with Gasteiger partial charge in [0.2, 0.25) is 11.6 Å². The lowest BCUT2D eigenvalue weighted by Gasteiger charge is -2.53. The number of carbonyl (C=O) groups is 6. The molecule has 82 heavy (non-hydrogen) atoms. The molecule has 0 aliphatic heterocycles. The second kappa shape index (κ2) is 19.4. The molecule has 2 amide bonds. The zero-order valence-corrected chi connectivity index (χ0v) is 47.2. The van der Waals surface area contributed by atoms with Crippen LogP contribution >= 0.6 is 0 Å². The van der Waals surface area contributed by atoms with Gasteiger partial charge in [0.05, 0.1) is 17.2 Å². The van der Waals surface area contributed by atoms with Crippen molar-refractivity contribution in [2.75, 3.05) is 65.7 Å². The van der Waals surface area contributed by atoms with E-state index in [4.69, 9.17) is 16.3 Å². The van der Waals surface area contributed by atoms with Gasteiger partial charge in [-0.05, 0) is 150 Å². The monoisotopic (exact) mass is 1130 g/mol. The van der Waals surface area contributed by atoms with E-state index in [0.29, 0.717) is 69.8 Å². The first-order valence-corrected chi connectivity index (χ1v) is 28.6. The van der Waals surface area contributed by atoms with Crippen molar-refractivity contribution in [1.82, 2.24) is 20.6 Å². The van der Waals surface area contributed by atoms with Gasteiger partial charge in [0.25, 0.3) is 11.8 Å². The van der Waals surface area contributed by atoms with Crippen molar-refractivity contribution in [2.24, 2.45) is 64.7 Å². The van der Waals surface area contributed by atoms with E-state index in [9.17, 15) is 50.1 Å². The largest absolute Gasteiger partial charge is 0.510 e. The number of likely N-dealkylation sites (N-methyl/N-ethyl adjacent to an activating group) is 2. The summed E-state index contributed by atoms with van der Waals surface area (Å²) >= 11 is 0. The van der Waals surface area contributed by atoms with Gasteiger partial charge in [0.1, 0.15) is 46.0 Å². The standard InChI is InChI=1S/C60H74N8O14/c1-65(2)36-18-29(20-63-22-33-23-8-9-24(33)12-23)47(69)41-32(36)15-28-17-34-45(67(5)6)51(73)42(57(61)78)55(77)60(34,81)56(39(28)50(41)72)82-68(7)46-35-16-27-14-31-37(66(3)4)19-30(21-64-44-25-10-11-26(44)13-25)48(70)40(31)49(71)38(27)53(75)59(35,80)54(76)43(52(46)74)58(62)79/h18-19,23-28,33-35,44-46,63-64,69-70,73-75,80-81H,8-17,20-22H2,1-7H3,(H2,61,78)(H2,62,79)/t23?,24?,25?,26?,27-,28-,33?,34-,35-,44?,45-,46-,59-,60+/m0/s1. The van der Waals surface area contributed by atoms with E-state index in [2.05, 4.69) is 10.6 Å². The van der Waals surface area contributed by atoms with Gasteiger partial charge in [-0.1, -0.05) is 0 Å². The number of nitrogens with zero attached hydrogens (tertiary/aromatic N) is 4. The first-order valence-electron chi connectivity index (χ1n) is 28.6. The minimum Gasteiger partial charge on any atom is -0.510 e. The summed E-state index contributed by atoms with van der Waals surface area (Å²) in [5.41, 5.74) is 5.08. The molecule has 2 aromatic carbocycles. The number of aliphatic hydroxyl groups is 5. The maximum atomic E-state index is 15.8. The Hall–Kier alpha value is -6.82. The number of primary amides is 2. The summed E-state index contributed by atoms with van der Waals surface area (Å²) in [6.45, 7) is 1.13. The number of phenols is 2. The van der Waals surface area contributed by atoms with E-state index in [0.717, 1.165) is 31.4 Å². The Balaban J connectivity index is 0.975. The van der Waals surface area contributed by atoms with Crippen molar-refractivity contribution in [3.8, 4) is 11.5 Å². The highest BCUT2D eigenvalue weighted by Crippen LogP contribution is 2.58. The summed E-state index contributed by atoms with van der Waals surface area (Å²) in [6, 6.07) is 0.636. The highest BCUT2D eigenvalue weighted by molar-refractivity contribution is 6.26. The summed E-state index contributed by atoms with van der Waals surface area (Å²) < 4.78 is 0. The van der Waals surface area contributed by atoms with Gasteiger partial charge >= 0.3 is 0 Å². The van der Waals surface area contributed by atoms with Crippen molar-refractivity contribution in [3.05, 3.63) is 90.8 Å². The van der Waals surface area contributed by atoms with Gasteiger partial charge in [0, 0.05) is 99.9 Å². The number of Topliss-reactive ketones (excluding diaryl/α,β-unsaturated/α-hetero) is 4. The van der Waals surface area contributed by atoms with Gasteiger partial charge in [0.15, 0.2) is 28.5 Å². The number of rotatable bonds is 15. The van der Waals surface area contributed by atoms with Crippen molar-refractivity contribution in [2.45, 2.75) is 107 Å². The zero-order valence-electron chi connectivity index (χ0n) is 47.2. The topological polar surface area (TPSA) is 342 Å². The molecule has 0 radical (unpaired) electrons. The number of benzene rings is 2. The fraction of sp³-hybridized carbons (Fsp3) is 0.567. The van der Waals surface area contributed by atoms with E-state index in [1.54, 1.807) is 39.2 Å². The maximum absolute atomic E-state index is 15.8. The van der Waals surface area contributed by atoms with Crippen LogP contribution < -0.4 is 31.9 Å². The van der Waals surface area contributed by atoms with Gasteiger partial charge < -0.3 is 72.5 Å². The number of allylic oxidation sites excluding steroid dienone is 2. The zero-order chi connectivity index (χ0) is 58.8. The Morgan fingerprint density at radius 1 is 0.634 bits per heavy atom. The Morgan fingerprint density at radius 3 is 1.60 bits per heavy atom. The van der Waals surface area contributed by atoms with Crippen LogP contribution in [0.15, 0.2) is 57.5 Å². The number of aliphatic hydroxyl groups excluding tert-OH is 3. The number of ketones is 4. The third kappa shape index (κ3) is 7.72. The average Bonchev–Trinajstić information content (AvgIpc) is 4.41. The minimum atomic E-state index is -3.20. The van der Waals surface area contributed by atoms with Crippen molar-refractivity contribution < 1.29 is 69.4 Å². The van der Waals surface area contributed by atoms with Gasteiger partial charge in [-0.25, -0.2) is 0 Å². The van der Waals surface area contributed by atoms with Crippen LogP contribution in [0.5, 0.6) is 11.5 Å². The summed E-state index contributed by atoms with van der Waals surface area (Å²) in [7, 11) is 11.4. The lowest BCUT2D eigenvalue weighted by atomic mass is 9.58. The summed E-state index contributed by atoms with van der Waals surface area (Å²) in [5.74, 6) is -14.4. The smallest absolute Gasteiger partial charge is 0.255 e. The molecule has 12 aliphatic carbocycles. The number of phenolic OH excluding ortho intramolecular Hbond substituents is 2. The number of carbonyl (C=O) groups excluding carboxylic acids is 6. The first kappa shape index (κ1) is 55.7. The van der Waals surface area contributed by atoms with Gasteiger partial charge in [-0.3, -0.25) is 33.7 Å². The van der Waals surface area contributed by atoms with E-state index >= 15 is 14.4 Å². The van der Waals surface area contributed by atoms with Gasteiger partial charge in [-0.2, -0.15) is 0 Å². The summed E-state index contributed by atoms with van der Waals surface area (Å²) in [4.78, 5) is 99.1. The van der Waals surface area contributed by atoms with Crippen LogP contribution in [-0.2, 0) is 49.9 Å². The second-order valence-electron chi connectivity index (χ2n) is 25.8. The fourth-order valence-electron chi connectivity index (χ4n) is 17.1. The Bertz CT molecular complexity index is 3330. The molecule has 22 nitrogen and oxygen atoms in total. The number of fused-ring (bicyclic) bond motifs is 8. The number of hydroxylamine groups is 2. The maximum Gasteiger partial charge on any atom is 0.255 e. The minimum absolute atomic E-state index is 0.0150. The fourth-order valence-corrected chi connectivity index (χ4v) is 17.1. The number of nitrogens with two attached hydrogens (primary N) is 2. The van der Waals surface area contributed by atoms with Crippen molar-refractivity contribution in [1.29, 1.82) is 0 Å². The SMILES string of the molecule is CN(C)c1cc(CNCC2C3CCC2C3)c(O)c2c1C[C@H]1C[C@H]3[C@H](N(C)C)C(O)=C(C(N)=O)C(=O)[C@@]3(O)C(ON(C)[C@@H]3C(O)=C(C(N)=O)C(=O)[C@@]4(O)C(O)=C5C(=O)c6c(O)c(CNC7C8CCC7C8)cc(N(C)C)c6C[C@H]5C[C@@H]34)=C1C2=O. The third-order valence-electron chi connectivity index (χ3n) is 21.0. The van der Waals surface area contributed by atoms with Crippen molar-refractivity contribution >= 4 is 46.3 Å². The van der Waals surface area contributed by atoms with Crippen LogP contribution in [0.4, 0.5) is 11.4 Å². The number of hydrogen-bond donors (Lipinski definition) is 11. The second-order valence-corrected chi connectivity index (χ2v) is 25.8. The summed E-state index contributed by atoms with van der Waals surface area (Å²) in [5, 5.41) is 95.2. The lowest BCUT2D eigenvalue weighted by molar-refractivity contribution is -0.207. The average molecular weight is 1130 g/mol. The van der Waals surface area contributed by atoms with Crippen LogP contribution in [-0.4, -0.2) is 166 Å². The molecular weight excluding hydrogens is 1060 g/mol. The molecule has 0 aromatic heterocycles. The molecular formula is C60H74N8O14. The highest BCUT2D eigenvalue weighted by atomic mass is 16.7. The van der Waals surface area contributed by atoms with Crippen LogP contribution in [0, 0.1) is 53.3 Å². The molecule has 4 unspecified atom stereocenters. The molecule has 0 spiro atoms. The Morgan fingerprint density at radius 2 is 1.10 bits per heavy atom. The Kier molecular flexibility index (Phi) is 13.2. The van der Waals surface area contributed by atoms with Crippen LogP contribution in [0.3, 0.4) is 0 Å². The van der Waals surface area contributed by atoms with E-state index in [-0.39, 0.29) is 73.0 Å². The Labute approximate surface area is 474 Å². The number of hydrogen-bond acceptors (Lipinski definition) is 20. The lowest BCUT2D eigenvalue weighted by Crippen LogP contribution is -2.66. The molecule has 22 heteroatoms. The van der Waals surface area contributed by atoms with Crippen LogP contribution in [0.2, 0.25) is 0 Å². The molecule has 14 rings (SSSR count). The van der Waals surface area contributed by atoms with E-state index < -0.39 is 122 Å². The quantitative estimate of drug-likeness (QED) is 0.0899. The highest BCUT2D eigenvalue weighted by Gasteiger charge is 2.67. The first-order chi connectivity index (χ1) is 38.7. The molecule has 13 N–H and O–H groups in total. The molecule has 6 fully saturated rings. The molecule has 12 aliphatic rings. The normalized spacial score (nSPS) is 34.1. The summed E-state index contributed by atoms with van der Waals surface area (Å²) in [6.07, 6.45) is 6.34. The number of anilines is 2. The number of amides is 2.